The highest BCUT2D eigenvalue weighted by molar-refractivity contribution is 7.92. The van der Waals surface area contributed by atoms with Crippen molar-refractivity contribution >= 4 is 38.9 Å². The van der Waals surface area contributed by atoms with E-state index in [0.717, 1.165) is 0 Å². The van der Waals surface area contributed by atoms with Crippen molar-refractivity contribution < 1.29 is 22.3 Å². The Bertz CT molecular complexity index is 1150. The van der Waals surface area contributed by atoms with Gasteiger partial charge in [-0.25, -0.2) is 12.8 Å². The Morgan fingerprint density at radius 3 is 2.37 bits per heavy atom. The van der Waals surface area contributed by atoms with Crippen LogP contribution in [0.5, 0.6) is 5.75 Å². The maximum absolute atomic E-state index is 12.9. The van der Waals surface area contributed by atoms with Gasteiger partial charge in [-0.1, -0.05) is 17.7 Å². The number of hydrogen-bond donors (Lipinski definition) is 2. The van der Waals surface area contributed by atoms with Crippen LogP contribution in [0, 0.1) is 12.7 Å². The number of carbonyl (C=O) groups is 1. The lowest BCUT2D eigenvalue weighted by Crippen LogP contribution is -2.20. The predicted octanol–water partition coefficient (Wildman–Crippen LogP) is 4.61. The summed E-state index contributed by atoms with van der Waals surface area (Å²) in [7, 11) is -3.82. The number of nitrogens with one attached hydrogen (secondary N) is 2. The van der Waals surface area contributed by atoms with Gasteiger partial charge in [0.1, 0.15) is 11.6 Å². The first-order chi connectivity index (χ1) is 14.2. The van der Waals surface area contributed by atoms with E-state index >= 15 is 0 Å². The molecule has 3 rings (SSSR count). The maximum atomic E-state index is 12.9. The van der Waals surface area contributed by atoms with Gasteiger partial charge in [0.15, 0.2) is 6.61 Å². The van der Waals surface area contributed by atoms with Crippen molar-refractivity contribution in [2.75, 3.05) is 16.6 Å². The van der Waals surface area contributed by atoms with Gasteiger partial charge in [-0.15, -0.1) is 0 Å². The molecule has 0 unspecified atom stereocenters. The third kappa shape index (κ3) is 5.49. The van der Waals surface area contributed by atoms with Gasteiger partial charge in [-0.3, -0.25) is 9.52 Å². The number of carbonyl (C=O) groups excluding carboxylic acids is 1. The Balaban J connectivity index is 1.61. The van der Waals surface area contributed by atoms with E-state index in [2.05, 4.69) is 10.0 Å². The molecule has 0 saturated carbocycles. The molecule has 1 amide bonds. The third-order valence-electron chi connectivity index (χ3n) is 4.14. The smallest absolute Gasteiger partial charge is 0.262 e. The summed E-state index contributed by atoms with van der Waals surface area (Å²) in [4.78, 5) is 12.0. The number of hydrogen-bond acceptors (Lipinski definition) is 4. The highest BCUT2D eigenvalue weighted by atomic mass is 35.5. The van der Waals surface area contributed by atoms with E-state index in [4.69, 9.17) is 16.3 Å². The summed E-state index contributed by atoms with van der Waals surface area (Å²) in [6.45, 7) is 1.44. The van der Waals surface area contributed by atoms with Crippen molar-refractivity contribution in [3.8, 4) is 5.75 Å². The van der Waals surface area contributed by atoms with Crippen LogP contribution in [0.4, 0.5) is 15.8 Å². The van der Waals surface area contributed by atoms with Crippen molar-refractivity contribution in [3.05, 3.63) is 83.1 Å². The fraction of sp³-hybridized carbons (Fsp3) is 0.0952. The molecule has 0 aliphatic carbocycles. The van der Waals surface area contributed by atoms with Crippen LogP contribution >= 0.6 is 11.6 Å². The molecule has 3 aromatic rings. The zero-order valence-electron chi connectivity index (χ0n) is 15.9. The predicted molar refractivity (Wildman–Crippen MR) is 114 cm³/mol. The van der Waals surface area contributed by atoms with Gasteiger partial charge in [0.25, 0.3) is 15.9 Å². The van der Waals surface area contributed by atoms with Crippen LogP contribution in [0.25, 0.3) is 0 Å². The van der Waals surface area contributed by atoms with Gasteiger partial charge in [-0.05, 0) is 73.2 Å². The summed E-state index contributed by atoms with van der Waals surface area (Å²) >= 11 is 6.03. The largest absolute Gasteiger partial charge is 0.484 e. The minimum Gasteiger partial charge on any atom is -0.484 e. The number of rotatable bonds is 7. The standard InChI is InChI=1S/C21H18ClFN2O4S/c1-14-19(22)3-2-4-20(14)25-30(27,28)18-11-7-16(8-12-18)24-21(26)13-29-17-9-5-15(23)6-10-17/h2-12,25H,13H2,1H3,(H,24,26). The number of ether oxygens (including phenoxy) is 1. The Kier molecular flexibility index (Phi) is 6.59. The molecule has 2 N–H and O–H groups in total. The van der Waals surface area contributed by atoms with E-state index in [1.807, 2.05) is 0 Å². The van der Waals surface area contributed by atoms with Gasteiger partial charge < -0.3 is 10.1 Å². The second-order valence-electron chi connectivity index (χ2n) is 6.33. The summed E-state index contributed by atoms with van der Waals surface area (Å²) in [6.07, 6.45) is 0. The van der Waals surface area contributed by atoms with Gasteiger partial charge in [0.05, 0.1) is 10.6 Å². The minimum absolute atomic E-state index is 0.0300. The first-order valence-electron chi connectivity index (χ1n) is 8.81. The lowest BCUT2D eigenvalue weighted by Gasteiger charge is -2.12. The topological polar surface area (TPSA) is 84.5 Å². The van der Waals surface area contributed by atoms with E-state index in [0.29, 0.717) is 27.7 Å². The summed E-state index contributed by atoms with van der Waals surface area (Å²) < 4.78 is 45.8. The van der Waals surface area contributed by atoms with Crippen LogP contribution in [0.15, 0.2) is 71.6 Å². The average Bonchev–Trinajstić information content (AvgIpc) is 2.71. The van der Waals surface area contributed by atoms with Gasteiger partial charge in [0.2, 0.25) is 0 Å². The summed E-state index contributed by atoms with van der Waals surface area (Å²) in [5.41, 5.74) is 1.41. The van der Waals surface area contributed by atoms with E-state index in [1.54, 1.807) is 25.1 Å². The lowest BCUT2D eigenvalue weighted by molar-refractivity contribution is -0.118. The first-order valence-corrected chi connectivity index (χ1v) is 10.7. The number of benzene rings is 3. The van der Waals surface area contributed by atoms with E-state index in [1.165, 1.54) is 48.5 Å². The average molecular weight is 449 g/mol. The molecule has 0 heterocycles. The Labute approximate surface area is 178 Å². The minimum atomic E-state index is -3.82. The second kappa shape index (κ2) is 9.15. The zero-order chi connectivity index (χ0) is 21.7. The Morgan fingerprint density at radius 2 is 1.70 bits per heavy atom. The van der Waals surface area contributed by atoms with Crippen molar-refractivity contribution in [1.29, 1.82) is 0 Å². The molecule has 0 fully saturated rings. The van der Waals surface area contributed by atoms with E-state index < -0.39 is 21.7 Å². The van der Waals surface area contributed by atoms with Gasteiger partial charge >= 0.3 is 0 Å². The number of amides is 1. The molecule has 0 aromatic heterocycles. The Morgan fingerprint density at radius 1 is 1.03 bits per heavy atom. The summed E-state index contributed by atoms with van der Waals surface area (Å²) in [5.74, 6) is -0.486. The summed E-state index contributed by atoms with van der Waals surface area (Å²) in [6, 6.07) is 15.9. The molecule has 6 nitrogen and oxygen atoms in total. The number of halogens is 2. The van der Waals surface area contributed by atoms with Crippen molar-refractivity contribution in [2.24, 2.45) is 0 Å². The molecule has 0 aliphatic heterocycles. The van der Waals surface area contributed by atoms with Crippen LogP contribution in [-0.4, -0.2) is 20.9 Å². The Hall–Kier alpha value is -3.10. The molecule has 30 heavy (non-hydrogen) atoms. The lowest BCUT2D eigenvalue weighted by atomic mass is 10.2. The molecule has 0 saturated heterocycles. The molecular weight excluding hydrogens is 431 g/mol. The number of anilines is 2. The third-order valence-corrected chi connectivity index (χ3v) is 5.93. The molecule has 0 spiro atoms. The molecule has 0 aliphatic rings. The van der Waals surface area contributed by atoms with Crippen LogP contribution < -0.4 is 14.8 Å². The highest BCUT2D eigenvalue weighted by Crippen LogP contribution is 2.26. The molecule has 156 valence electrons. The molecular formula is C21H18ClFN2O4S. The van der Waals surface area contributed by atoms with E-state index in [-0.39, 0.29) is 11.5 Å². The zero-order valence-corrected chi connectivity index (χ0v) is 17.4. The quantitative estimate of drug-likeness (QED) is 0.553. The highest BCUT2D eigenvalue weighted by Gasteiger charge is 2.16. The molecule has 0 atom stereocenters. The van der Waals surface area contributed by atoms with Crippen LogP contribution in [-0.2, 0) is 14.8 Å². The van der Waals surface area contributed by atoms with Gasteiger partial charge in [0, 0.05) is 10.7 Å². The molecule has 9 heteroatoms. The van der Waals surface area contributed by atoms with Crippen molar-refractivity contribution in [2.45, 2.75) is 11.8 Å². The van der Waals surface area contributed by atoms with Crippen molar-refractivity contribution in [3.63, 3.8) is 0 Å². The maximum Gasteiger partial charge on any atom is 0.262 e. The SMILES string of the molecule is Cc1c(Cl)cccc1NS(=O)(=O)c1ccc(NC(=O)COc2ccc(F)cc2)cc1. The fourth-order valence-corrected chi connectivity index (χ4v) is 3.81. The monoisotopic (exact) mass is 448 g/mol. The number of sulfonamides is 1. The molecule has 0 radical (unpaired) electrons. The normalized spacial score (nSPS) is 11.0. The van der Waals surface area contributed by atoms with Crippen molar-refractivity contribution in [1.82, 2.24) is 0 Å². The molecule has 0 bridgehead atoms. The van der Waals surface area contributed by atoms with E-state index in [9.17, 15) is 17.6 Å². The van der Waals surface area contributed by atoms with Crippen LogP contribution in [0.1, 0.15) is 5.56 Å². The molecule has 3 aromatic carbocycles. The van der Waals surface area contributed by atoms with Crippen LogP contribution in [0.3, 0.4) is 0 Å². The fourth-order valence-electron chi connectivity index (χ4n) is 2.52. The van der Waals surface area contributed by atoms with Gasteiger partial charge in [-0.2, -0.15) is 0 Å². The van der Waals surface area contributed by atoms with Crippen LogP contribution in [0.2, 0.25) is 5.02 Å². The second-order valence-corrected chi connectivity index (χ2v) is 8.42. The first kappa shape index (κ1) is 21.6. The summed E-state index contributed by atoms with van der Waals surface area (Å²) in [5, 5.41) is 3.05.